The van der Waals surface area contributed by atoms with Crippen LogP contribution in [0.2, 0.25) is 0 Å². The molecule has 11 heteroatoms. The van der Waals surface area contributed by atoms with E-state index in [-0.39, 0.29) is 0 Å². The van der Waals surface area contributed by atoms with E-state index in [1.165, 1.54) is 6.92 Å². The fourth-order valence-electron chi connectivity index (χ4n) is 3.26. The van der Waals surface area contributed by atoms with E-state index in [0.29, 0.717) is 6.92 Å². The Hall–Kier alpha value is -0.710. The standard InChI is InChI=1S/C13H17F9O2/c1-6-3-7(9(2,23)11(14,15)16)5-8(4-6)10(24,12(17,18)19)13(20,21)22/h6-8,23-24H,3-5H2,1-2H3. The summed E-state index contributed by atoms with van der Waals surface area (Å²) >= 11 is 0. The van der Waals surface area contributed by atoms with Crippen molar-refractivity contribution in [2.75, 3.05) is 0 Å². The molecule has 0 amide bonds. The zero-order valence-electron chi connectivity index (χ0n) is 12.6. The lowest BCUT2D eigenvalue weighted by Crippen LogP contribution is -2.64. The minimum absolute atomic E-state index is 0.312. The summed E-state index contributed by atoms with van der Waals surface area (Å²) in [6.45, 7) is 1.49. The first-order valence-electron chi connectivity index (χ1n) is 7.00. The molecule has 1 rings (SSSR count). The van der Waals surface area contributed by atoms with Crippen molar-refractivity contribution in [1.82, 2.24) is 0 Å². The molecule has 1 saturated carbocycles. The summed E-state index contributed by atoms with van der Waals surface area (Å²) in [5, 5.41) is 19.0. The van der Waals surface area contributed by atoms with E-state index in [2.05, 4.69) is 0 Å². The second kappa shape index (κ2) is 5.93. The number of alkyl halides is 9. The Kier molecular flexibility index (Phi) is 5.27. The van der Waals surface area contributed by atoms with E-state index in [0.717, 1.165) is 0 Å². The average Bonchev–Trinajstić information content (AvgIpc) is 2.32. The molecular formula is C13H17F9O2. The first-order chi connectivity index (χ1) is 10.4. The van der Waals surface area contributed by atoms with Crippen LogP contribution in [0.3, 0.4) is 0 Å². The summed E-state index contributed by atoms with van der Waals surface area (Å²) in [5.74, 6) is -5.42. The van der Waals surface area contributed by atoms with Crippen molar-refractivity contribution in [2.24, 2.45) is 17.8 Å². The molecule has 0 aromatic carbocycles. The fraction of sp³-hybridized carbons (Fsp3) is 1.00. The molecule has 1 fully saturated rings. The Morgan fingerprint density at radius 1 is 0.667 bits per heavy atom. The van der Waals surface area contributed by atoms with Crippen molar-refractivity contribution in [3.05, 3.63) is 0 Å². The van der Waals surface area contributed by atoms with Gasteiger partial charge in [-0.2, -0.15) is 39.5 Å². The van der Waals surface area contributed by atoms with Gasteiger partial charge in [-0.15, -0.1) is 0 Å². The van der Waals surface area contributed by atoms with Gasteiger partial charge < -0.3 is 10.2 Å². The van der Waals surface area contributed by atoms with E-state index < -0.39 is 66.7 Å². The molecule has 2 N–H and O–H groups in total. The molecule has 0 aromatic heterocycles. The first-order valence-corrected chi connectivity index (χ1v) is 7.00. The Bertz CT molecular complexity index is 436. The van der Waals surface area contributed by atoms with Gasteiger partial charge in [-0.05, 0) is 38.0 Å². The Labute approximate surface area is 131 Å². The molecule has 0 aromatic rings. The van der Waals surface area contributed by atoms with Gasteiger partial charge in [0, 0.05) is 5.92 Å². The smallest absolute Gasteiger partial charge is 0.380 e. The largest absolute Gasteiger partial charge is 0.426 e. The van der Waals surface area contributed by atoms with Crippen molar-refractivity contribution < 1.29 is 49.7 Å². The lowest BCUT2D eigenvalue weighted by molar-refractivity contribution is -0.390. The highest BCUT2D eigenvalue weighted by Crippen LogP contribution is 2.55. The number of hydrogen-bond acceptors (Lipinski definition) is 2. The zero-order valence-corrected chi connectivity index (χ0v) is 12.6. The maximum absolute atomic E-state index is 12.9. The molecule has 144 valence electrons. The third-order valence-corrected chi connectivity index (χ3v) is 4.77. The van der Waals surface area contributed by atoms with E-state index >= 15 is 0 Å². The highest BCUT2D eigenvalue weighted by Gasteiger charge is 2.74. The molecule has 0 saturated heterocycles. The summed E-state index contributed by atoms with van der Waals surface area (Å²) in [7, 11) is 0. The third-order valence-electron chi connectivity index (χ3n) is 4.77. The third kappa shape index (κ3) is 3.47. The quantitative estimate of drug-likeness (QED) is 0.709. The topological polar surface area (TPSA) is 40.5 Å². The summed E-state index contributed by atoms with van der Waals surface area (Å²) < 4.78 is 116. The van der Waals surface area contributed by atoms with Crippen LogP contribution in [0.5, 0.6) is 0 Å². The van der Waals surface area contributed by atoms with Crippen LogP contribution in [0.15, 0.2) is 0 Å². The second-order valence-corrected chi connectivity index (χ2v) is 6.61. The van der Waals surface area contributed by atoms with Gasteiger partial charge in [0.2, 0.25) is 0 Å². The molecule has 1 aliphatic carbocycles. The van der Waals surface area contributed by atoms with Crippen molar-refractivity contribution in [2.45, 2.75) is 62.8 Å². The Balaban J connectivity index is 3.30. The van der Waals surface area contributed by atoms with E-state index in [1.807, 2.05) is 0 Å². The van der Waals surface area contributed by atoms with Gasteiger partial charge in [0.15, 0.2) is 5.60 Å². The van der Waals surface area contributed by atoms with Gasteiger partial charge in [0.25, 0.3) is 5.60 Å². The van der Waals surface area contributed by atoms with Gasteiger partial charge in [0.05, 0.1) is 0 Å². The van der Waals surface area contributed by atoms with Crippen molar-refractivity contribution in [3.63, 3.8) is 0 Å². The molecule has 1 aliphatic rings. The SMILES string of the molecule is CC1CC(C(C)(O)C(F)(F)F)CC(C(O)(C(F)(F)F)C(F)(F)F)C1. The fourth-order valence-corrected chi connectivity index (χ4v) is 3.26. The summed E-state index contributed by atoms with van der Waals surface area (Å²) in [6.07, 6.45) is -19.9. The van der Waals surface area contributed by atoms with Crippen LogP contribution in [-0.2, 0) is 0 Å². The van der Waals surface area contributed by atoms with Gasteiger partial charge >= 0.3 is 18.5 Å². The summed E-state index contributed by atoms with van der Waals surface area (Å²) in [6, 6.07) is 0. The normalized spacial score (nSPS) is 30.1. The predicted octanol–water partition coefficient (Wildman–Crippen LogP) is 4.21. The van der Waals surface area contributed by atoms with Gasteiger partial charge in [0.1, 0.15) is 0 Å². The van der Waals surface area contributed by atoms with Crippen LogP contribution in [0.4, 0.5) is 39.5 Å². The lowest BCUT2D eigenvalue weighted by atomic mass is 9.64. The zero-order chi connectivity index (χ0) is 19.4. The molecule has 24 heavy (non-hydrogen) atoms. The van der Waals surface area contributed by atoms with Crippen LogP contribution >= 0.6 is 0 Å². The highest BCUT2D eigenvalue weighted by molar-refractivity contribution is 5.04. The predicted molar refractivity (Wildman–Crippen MR) is 63.7 cm³/mol. The maximum atomic E-state index is 12.9. The van der Waals surface area contributed by atoms with Crippen LogP contribution in [0, 0.1) is 17.8 Å². The highest BCUT2D eigenvalue weighted by atomic mass is 19.4. The summed E-state index contributed by atoms with van der Waals surface area (Å²) in [4.78, 5) is 0. The summed E-state index contributed by atoms with van der Waals surface area (Å²) in [5.41, 5.74) is -8.59. The molecule has 0 radical (unpaired) electrons. The van der Waals surface area contributed by atoms with Gasteiger partial charge in [-0.25, -0.2) is 0 Å². The molecule has 0 heterocycles. The number of hydrogen-bond donors (Lipinski definition) is 2. The number of halogens is 9. The molecule has 4 unspecified atom stereocenters. The molecule has 2 nitrogen and oxygen atoms in total. The van der Waals surface area contributed by atoms with Crippen LogP contribution in [-0.4, -0.2) is 39.9 Å². The van der Waals surface area contributed by atoms with Crippen molar-refractivity contribution in [1.29, 1.82) is 0 Å². The Morgan fingerprint density at radius 2 is 1.04 bits per heavy atom. The second-order valence-electron chi connectivity index (χ2n) is 6.61. The minimum Gasteiger partial charge on any atom is -0.380 e. The Morgan fingerprint density at radius 3 is 1.38 bits per heavy atom. The van der Waals surface area contributed by atoms with E-state index in [1.54, 1.807) is 0 Å². The minimum atomic E-state index is -6.11. The number of aliphatic hydroxyl groups is 2. The molecule has 0 aliphatic heterocycles. The van der Waals surface area contributed by atoms with E-state index in [4.69, 9.17) is 0 Å². The molecule has 0 bridgehead atoms. The van der Waals surface area contributed by atoms with Crippen LogP contribution in [0.25, 0.3) is 0 Å². The van der Waals surface area contributed by atoms with Crippen molar-refractivity contribution >= 4 is 0 Å². The van der Waals surface area contributed by atoms with E-state index in [9.17, 15) is 49.7 Å². The lowest BCUT2D eigenvalue weighted by Gasteiger charge is -2.47. The first kappa shape index (κ1) is 21.3. The van der Waals surface area contributed by atoms with Gasteiger partial charge in [-0.1, -0.05) is 6.92 Å². The van der Waals surface area contributed by atoms with Crippen LogP contribution in [0.1, 0.15) is 33.1 Å². The molecule has 0 spiro atoms. The monoisotopic (exact) mass is 376 g/mol. The maximum Gasteiger partial charge on any atom is 0.426 e. The molecule has 4 atom stereocenters. The van der Waals surface area contributed by atoms with Crippen LogP contribution < -0.4 is 0 Å². The van der Waals surface area contributed by atoms with Crippen molar-refractivity contribution in [3.8, 4) is 0 Å². The van der Waals surface area contributed by atoms with Gasteiger partial charge in [-0.3, -0.25) is 0 Å². The number of rotatable bonds is 2. The molecular weight excluding hydrogens is 359 g/mol. The average molecular weight is 376 g/mol.